The van der Waals surface area contributed by atoms with Crippen LogP contribution in [0.2, 0.25) is 0 Å². The Morgan fingerprint density at radius 1 is 1.04 bits per heavy atom. The minimum atomic E-state index is -1.15. The van der Waals surface area contributed by atoms with E-state index in [9.17, 15) is 14.0 Å². The molecule has 5 heterocycles. The maximum atomic E-state index is 14.6. The number of aliphatic imine (C=N–C) groups is 1. The molecule has 0 radical (unpaired) electrons. The highest BCUT2D eigenvalue weighted by Crippen LogP contribution is 2.30. The number of nitrogens with zero attached hydrogens (tertiary/aromatic N) is 3. The van der Waals surface area contributed by atoms with E-state index < -0.39 is 24.3 Å². The number of amides is 2. The lowest BCUT2D eigenvalue weighted by molar-refractivity contribution is -0.138. The second-order valence-corrected chi connectivity index (χ2v) is 14.0. The van der Waals surface area contributed by atoms with Crippen molar-refractivity contribution in [3.63, 3.8) is 0 Å². The Bertz CT molecular complexity index is 1020. The third-order valence-corrected chi connectivity index (χ3v) is 10.7. The monoisotopic (exact) mass is 632 g/mol. The van der Waals surface area contributed by atoms with Crippen molar-refractivity contribution in [1.29, 1.82) is 0 Å². The molecule has 7 N–H and O–H groups in total. The molecule has 0 aromatic rings. The summed E-state index contributed by atoms with van der Waals surface area (Å²) in [5.41, 5.74) is 13.6. The maximum Gasteiger partial charge on any atom is 0.239 e. The van der Waals surface area contributed by atoms with Gasteiger partial charge in [0.2, 0.25) is 11.8 Å². The highest BCUT2D eigenvalue weighted by Gasteiger charge is 2.40. The number of nitrogens with one attached hydrogen (secondary N) is 3. The van der Waals surface area contributed by atoms with Crippen LogP contribution in [0.25, 0.3) is 0 Å². The molecule has 5 rings (SSSR count). The summed E-state index contributed by atoms with van der Waals surface area (Å²) < 4.78 is 19.9. The highest BCUT2D eigenvalue weighted by molar-refractivity contribution is 5.82. The molecule has 0 bridgehead atoms. The zero-order valence-electron chi connectivity index (χ0n) is 27.2. The van der Waals surface area contributed by atoms with Gasteiger partial charge in [-0.25, -0.2) is 4.39 Å². The first-order chi connectivity index (χ1) is 21.8. The number of hydrogen-bond donors (Lipinski definition) is 5. The van der Waals surface area contributed by atoms with Gasteiger partial charge in [0.25, 0.3) is 0 Å². The van der Waals surface area contributed by atoms with Gasteiger partial charge in [0, 0.05) is 45.0 Å². The maximum absolute atomic E-state index is 14.6. The molecule has 0 aromatic heterocycles. The topological polar surface area (TPSA) is 150 Å². The smallest absolute Gasteiger partial charge is 0.239 e. The molecule has 0 aliphatic carbocycles. The van der Waals surface area contributed by atoms with Crippen LogP contribution >= 0.6 is 0 Å². The predicted molar refractivity (Wildman–Crippen MR) is 174 cm³/mol. The molecule has 0 spiro atoms. The van der Waals surface area contributed by atoms with E-state index in [1.807, 2.05) is 17.9 Å². The minimum Gasteiger partial charge on any atom is -0.378 e. The van der Waals surface area contributed by atoms with E-state index in [2.05, 4.69) is 25.8 Å². The van der Waals surface area contributed by atoms with Crippen LogP contribution in [-0.2, 0) is 14.3 Å². The van der Waals surface area contributed by atoms with E-state index in [-0.39, 0.29) is 29.8 Å². The number of hydrogen-bond acceptors (Lipinski definition) is 9. The first-order valence-electron chi connectivity index (χ1n) is 17.5. The molecule has 5 aliphatic heterocycles. The third kappa shape index (κ3) is 9.32. The lowest BCUT2D eigenvalue weighted by Crippen LogP contribution is -2.61. The molecule has 45 heavy (non-hydrogen) atoms. The number of carbonyl (C=O) groups excluding carboxylic acids is 2. The van der Waals surface area contributed by atoms with E-state index in [1.165, 1.54) is 6.21 Å². The molecule has 12 heteroatoms. The molecule has 11 nitrogen and oxygen atoms in total. The summed E-state index contributed by atoms with van der Waals surface area (Å²) in [4.78, 5) is 36.2. The van der Waals surface area contributed by atoms with Gasteiger partial charge in [-0.05, 0) is 70.4 Å². The predicted octanol–water partition coefficient (Wildman–Crippen LogP) is 0.930. The van der Waals surface area contributed by atoms with E-state index in [1.54, 1.807) is 0 Å². The van der Waals surface area contributed by atoms with Gasteiger partial charge >= 0.3 is 0 Å². The number of rotatable bonds is 7. The number of alkyl halides is 1. The van der Waals surface area contributed by atoms with Gasteiger partial charge in [0.15, 0.2) is 0 Å². The molecule has 7 atom stereocenters. The number of allylic oxidation sites excluding steroid dienone is 1. The Morgan fingerprint density at radius 2 is 1.82 bits per heavy atom. The fraction of sp³-hybridized carbons (Fsp3) is 0.848. The summed E-state index contributed by atoms with van der Waals surface area (Å²) in [7, 11) is 0. The molecule has 5 aliphatic rings. The fourth-order valence-electron chi connectivity index (χ4n) is 7.83. The van der Waals surface area contributed by atoms with Gasteiger partial charge in [-0.2, -0.15) is 0 Å². The average molecular weight is 633 g/mol. The molecule has 2 amide bonds. The third-order valence-electron chi connectivity index (χ3n) is 10.7. The Hall–Kier alpha value is -1.96. The van der Waals surface area contributed by atoms with Crippen LogP contribution in [0.5, 0.6) is 0 Å². The van der Waals surface area contributed by atoms with E-state index in [0.29, 0.717) is 24.9 Å². The standard InChI is InChI=1S/C33H57FN8O3/c1-22-6-4-2-3-5-7-24(34)18-39-28(16-22)30(31(35)36)32(43)40-29-19-37-11-10-26(29)23-8-9-27(38-17-23)33(44)42-14-12-41(13-15-42)25-20-45-21-25/h16,18,23-31,37-38H,2-15,17,19-21,35-36H2,1H3,(H,40,43)/b22-16-,39-18?/t23?,24?,26?,27-,28?,29?,30?/m1/s1. The van der Waals surface area contributed by atoms with Crippen molar-refractivity contribution in [1.82, 2.24) is 25.8 Å². The highest BCUT2D eigenvalue weighted by atomic mass is 19.1. The van der Waals surface area contributed by atoms with Crippen LogP contribution in [0, 0.1) is 17.8 Å². The Balaban J connectivity index is 1.17. The van der Waals surface area contributed by atoms with Crippen molar-refractivity contribution in [2.45, 2.75) is 101 Å². The largest absolute Gasteiger partial charge is 0.378 e. The van der Waals surface area contributed by atoms with Crippen molar-refractivity contribution < 1.29 is 18.7 Å². The number of carbonyl (C=O) groups is 2. The van der Waals surface area contributed by atoms with Crippen molar-refractivity contribution in [3.8, 4) is 0 Å². The number of ether oxygens (including phenoxy) is 1. The van der Waals surface area contributed by atoms with Gasteiger partial charge in [0.05, 0.1) is 43.4 Å². The number of nitrogens with two attached hydrogens (primary N) is 2. The van der Waals surface area contributed by atoms with Crippen molar-refractivity contribution in [2.75, 3.05) is 59.0 Å². The summed E-state index contributed by atoms with van der Waals surface area (Å²) in [6, 6.07) is -0.349. The van der Waals surface area contributed by atoms with Gasteiger partial charge < -0.3 is 37.1 Å². The number of piperidine rings is 2. The second-order valence-electron chi connectivity index (χ2n) is 14.0. The normalized spacial score (nSPS) is 35.0. The molecule has 6 unspecified atom stereocenters. The van der Waals surface area contributed by atoms with Gasteiger partial charge in [-0.3, -0.25) is 19.5 Å². The SMILES string of the molecule is C/C1=C/C(C(C(=O)NC2CNCCC2C2CC[C@H](C(=O)N3CCN(C4COC4)CC3)NC2)C(N)N)N=CC(F)CCCCCC1. The van der Waals surface area contributed by atoms with Crippen molar-refractivity contribution in [2.24, 2.45) is 34.2 Å². The van der Waals surface area contributed by atoms with Gasteiger partial charge in [-0.1, -0.05) is 30.9 Å². The minimum absolute atomic E-state index is 0.0932. The zero-order valence-corrected chi connectivity index (χ0v) is 27.2. The molecule has 254 valence electrons. The second kappa shape index (κ2) is 16.7. The molecular weight excluding hydrogens is 575 g/mol. The Kier molecular flexibility index (Phi) is 12.8. The summed E-state index contributed by atoms with van der Waals surface area (Å²) in [6.07, 6.45) is 9.19. The van der Waals surface area contributed by atoms with Crippen LogP contribution < -0.4 is 27.4 Å². The first kappa shape index (κ1) is 34.4. The van der Waals surface area contributed by atoms with Gasteiger partial charge in [-0.15, -0.1) is 0 Å². The summed E-state index contributed by atoms with van der Waals surface area (Å²) in [5, 5.41) is 10.3. The van der Waals surface area contributed by atoms with Crippen LogP contribution in [0.3, 0.4) is 0 Å². The molecule has 0 aromatic carbocycles. The van der Waals surface area contributed by atoms with E-state index in [0.717, 1.165) is 109 Å². The van der Waals surface area contributed by atoms with Crippen molar-refractivity contribution >= 4 is 18.0 Å². The molecule has 4 fully saturated rings. The van der Waals surface area contributed by atoms with E-state index in [4.69, 9.17) is 16.2 Å². The fourth-order valence-corrected chi connectivity index (χ4v) is 7.83. The summed E-state index contributed by atoms with van der Waals surface area (Å²) in [5.74, 6) is -0.228. The molecule has 4 saturated heterocycles. The van der Waals surface area contributed by atoms with Crippen LogP contribution in [0.15, 0.2) is 16.6 Å². The average Bonchev–Trinajstić information content (AvgIpc) is 3.00. The molecule has 0 saturated carbocycles. The number of halogens is 1. The first-order valence-corrected chi connectivity index (χ1v) is 17.5. The quantitative estimate of drug-likeness (QED) is 0.206. The zero-order chi connectivity index (χ0) is 31.8. The van der Waals surface area contributed by atoms with Crippen LogP contribution in [0.1, 0.15) is 64.7 Å². The lowest BCUT2D eigenvalue weighted by Gasteiger charge is -2.44. The Morgan fingerprint density at radius 3 is 2.51 bits per heavy atom. The van der Waals surface area contributed by atoms with E-state index >= 15 is 0 Å². The van der Waals surface area contributed by atoms with Crippen molar-refractivity contribution in [3.05, 3.63) is 11.6 Å². The van der Waals surface area contributed by atoms with Gasteiger partial charge in [0.1, 0.15) is 6.17 Å². The summed E-state index contributed by atoms with van der Waals surface area (Å²) in [6.45, 7) is 9.32. The number of piperazine rings is 1. The summed E-state index contributed by atoms with van der Waals surface area (Å²) >= 11 is 0. The lowest BCUT2D eigenvalue weighted by atomic mass is 9.76. The van der Waals surface area contributed by atoms with Crippen LogP contribution in [-0.4, -0.2) is 123 Å². The van der Waals surface area contributed by atoms with Crippen LogP contribution in [0.4, 0.5) is 4.39 Å². The Labute approximate surface area is 268 Å². The molecular formula is C33H57FN8O3.